The standard InChI is InChI=1S/C2N2O2S.2C2H2O4.FH2O3P/c5-1-3-7-4-2-6;2*3-1(4)2(5)6;1-5(2,3)4/h;2*(H,3,4)(H,5,6);(H2,2,3,4). The summed E-state index contributed by atoms with van der Waals surface area (Å²) in [6.45, 7) is 0. The maximum Gasteiger partial charge on any atom is 0.507 e. The van der Waals surface area contributed by atoms with Gasteiger partial charge < -0.3 is 20.4 Å². The topological polar surface area (TPSA) is 266 Å². The van der Waals surface area contributed by atoms with E-state index in [1.54, 1.807) is 0 Å². The fraction of sp³-hybridized carbons (Fsp3) is 0. The summed E-state index contributed by atoms with van der Waals surface area (Å²) in [5.74, 6) is -7.30. The Morgan fingerprint density at radius 2 is 0.958 bits per heavy atom. The average Bonchev–Trinajstić information content (AvgIpc) is 2.38. The second-order valence-corrected chi connectivity index (χ2v) is 3.61. The monoisotopic (exact) mass is 396 g/mol. The van der Waals surface area contributed by atoms with Crippen molar-refractivity contribution >= 4 is 56.1 Å². The van der Waals surface area contributed by atoms with Crippen LogP contribution in [0.3, 0.4) is 0 Å². The van der Waals surface area contributed by atoms with Crippen molar-refractivity contribution in [2.75, 3.05) is 0 Å². The Morgan fingerprint density at radius 1 is 0.792 bits per heavy atom. The number of hydrogen-bond acceptors (Lipinski definition) is 10. The highest BCUT2D eigenvalue weighted by molar-refractivity contribution is 7.96. The van der Waals surface area contributed by atoms with Crippen LogP contribution in [0.15, 0.2) is 8.80 Å². The van der Waals surface area contributed by atoms with Gasteiger partial charge in [-0.15, -0.1) is 13.0 Å². The average molecular weight is 396 g/mol. The minimum atomic E-state index is -5.14. The smallest absolute Gasteiger partial charge is 0.473 e. The Balaban J connectivity index is -0.000000112. The first-order chi connectivity index (χ1) is 10.7. The summed E-state index contributed by atoms with van der Waals surface area (Å²) in [6, 6.07) is 0. The van der Waals surface area contributed by atoms with Gasteiger partial charge in [-0.25, -0.2) is 33.3 Å². The fourth-order valence-corrected chi connectivity index (χ4v) is 0.161. The van der Waals surface area contributed by atoms with Gasteiger partial charge in [-0.3, -0.25) is 9.79 Å². The molecule has 0 aliphatic carbocycles. The molecule has 0 aromatic heterocycles. The van der Waals surface area contributed by atoms with E-state index in [1.165, 1.54) is 12.2 Å². The number of halogens is 1. The lowest BCUT2D eigenvalue weighted by Crippen LogP contribution is -2.09. The molecule has 136 valence electrons. The highest BCUT2D eigenvalue weighted by atomic mass is 32.2. The van der Waals surface area contributed by atoms with Gasteiger partial charge in [0, 0.05) is 0 Å². The van der Waals surface area contributed by atoms with E-state index in [0.29, 0.717) is 12.1 Å². The number of carboxylic acids is 4. The third-order valence-corrected chi connectivity index (χ3v) is 0.834. The van der Waals surface area contributed by atoms with E-state index in [0.717, 1.165) is 0 Å². The van der Waals surface area contributed by atoms with Gasteiger partial charge in [-0.1, -0.05) is 0 Å². The molecular weight excluding hydrogens is 390 g/mol. The highest BCUT2D eigenvalue weighted by Crippen LogP contribution is 2.34. The predicted molar refractivity (Wildman–Crippen MR) is 67.5 cm³/mol. The third kappa shape index (κ3) is 75.7. The molecule has 0 saturated carbocycles. The summed E-state index contributed by atoms with van der Waals surface area (Å²) in [5, 5.41) is 29.6. The van der Waals surface area contributed by atoms with Crippen molar-refractivity contribution in [3.63, 3.8) is 0 Å². The van der Waals surface area contributed by atoms with Crippen molar-refractivity contribution in [2.45, 2.75) is 0 Å². The summed E-state index contributed by atoms with van der Waals surface area (Å²) in [6.07, 6.45) is 2.34. The molecule has 0 spiro atoms. The van der Waals surface area contributed by atoms with Crippen molar-refractivity contribution < 1.29 is 67.7 Å². The molecule has 0 unspecified atom stereocenters. The van der Waals surface area contributed by atoms with E-state index in [9.17, 15) is 13.8 Å². The van der Waals surface area contributed by atoms with Gasteiger partial charge in [-0.2, -0.15) is 0 Å². The van der Waals surface area contributed by atoms with E-state index in [2.05, 4.69) is 8.80 Å². The molecule has 0 saturated heterocycles. The zero-order valence-electron chi connectivity index (χ0n) is 10.7. The van der Waals surface area contributed by atoms with Crippen molar-refractivity contribution in [1.29, 1.82) is 0 Å². The Bertz CT molecular complexity index is 503. The predicted octanol–water partition coefficient (Wildman–Crippen LogP) is -1.42. The Kier molecular flexibility index (Phi) is 22.0. The molecule has 18 heteroatoms. The zero-order chi connectivity index (χ0) is 20.3. The Hall–Kier alpha value is -2.93. The molecule has 0 amide bonds. The third-order valence-electron chi connectivity index (χ3n) is 0.522. The van der Waals surface area contributed by atoms with Gasteiger partial charge in [-0.05, 0) is 0 Å². The maximum absolute atomic E-state index is 10.4. The van der Waals surface area contributed by atoms with E-state index in [1.807, 2.05) is 0 Å². The van der Waals surface area contributed by atoms with Gasteiger partial charge in [0.15, 0.2) is 0 Å². The van der Waals surface area contributed by atoms with Crippen LogP contribution >= 0.6 is 20.0 Å². The van der Waals surface area contributed by atoms with Crippen molar-refractivity contribution in [1.82, 2.24) is 0 Å². The van der Waals surface area contributed by atoms with Crippen LogP contribution in [0.2, 0.25) is 0 Å². The Morgan fingerprint density at radius 3 is 1.04 bits per heavy atom. The minimum Gasteiger partial charge on any atom is -0.473 e. The summed E-state index contributed by atoms with van der Waals surface area (Å²) in [4.78, 5) is 68.7. The second kappa shape index (κ2) is 18.1. The van der Waals surface area contributed by atoms with Crippen LogP contribution in [0.25, 0.3) is 0 Å². The van der Waals surface area contributed by atoms with Gasteiger partial charge >= 0.3 is 31.8 Å². The number of carbonyl (C=O) groups is 4. The maximum atomic E-state index is 10.4. The lowest BCUT2D eigenvalue weighted by Gasteiger charge is -1.77. The minimum absolute atomic E-state index is 0.456. The summed E-state index contributed by atoms with van der Waals surface area (Å²) in [5.41, 5.74) is 0. The highest BCUT2D eigenvalue weighted by Gasteiger charge is 2.05. The van der Waals surface area contributed by atoms with Crippen LogP contribution in [-0.4, -0.2) is 66.3 Å². The molecule has 0 aliphatic rings. The normalized spacial score (nSPS) is 7.79. The molecule has 24 heavy (non-hydrogen) atoms. The van der Waals surface area contributed by atoms with Crippen LogP contribution in [0.4, 0.5) is 4.20 Å². The molecular formula is C6H6FN2O13PS. The number of carbonyl (C=O) groups excluding carboxylic acids is 2. The van der Waals surface area contributed by atoms with Crippen molar-refractivity contribution in [3.8, 4) is 0 Å². The zero-order valence-corrected chi connectivity index (χ0v) is 12.4. The molecule has 0 bridgehead atoms. The molecule has 0 heterocycles. The van der Waals surface area contributed by atoms with Crippen LogP contribution in [-0.2, 0) is 33.3 Å². The van der Waals surface area contributed by atoms with E-state index >= 15 is 0 Å². The molecule has 0 rings (SSSR count). The molecule has 0 aromatic rings. The lowest BCUT2D eigenvalue weighted by atomic mass is 10.7. The summed E-state index contributed by atoms with van der Waals surface area (Å²) in [7, 11) is -5.14. The van der Waals surface area contributed by atoms with Gasteiger partial charge in [0.1, 0.15) is 12.1 Å². The van der Waals surface area contributed by atoms with E-state index < -0.39 is 31.8 Å². The van der Waals surface area contributed by atoms with Crippen molar-refractivity contribution in [3.05, 3.63) is 0 Å². The molecule has 6 N–H and O–H groups in total. The summed E-state index contributed by atoms with van der Waals surface area (Å²) >= 11 is 0.456. The summed E-state index contributed by atoms with van der Waals surface area (Å²) < 4.78 is 24.7. The van der Waals surface area contributed by atoms with E-state index in [-0.39, 0.29) is 0 Å². The van der Waals surface area contributed by atoms with Gasteiger partial charge in [0.2, 0.25) is 12.2 Å². The molecule has 0 aromatic carbocycles. The number of carboxylic acid groups (broad SMARTS) is 4. The molecule has 0 aliphatic heterocycles. The molecule has 15 nitrogen and oxygen atoms in total. The van der Waals surface area contributed by atoms with Crippen LogP contribution in [0, 0.1) is 0 Å². The second-order valence-electron chi connectivity index (χ2n) is 2.14. The number of rotatable bonds is 2. The first-order valence-corrected chi connectivity index (χ1v) is 6.42. The molecule has 0 fully saturated rings. The lowest BCUT2D eigenvalue weighted by molar-refractivity contribution is -0.159. The van der Waals surface area contributed by atoms with Crippen LogP contribution < -0.4 is 0 Å². The van der Waals surface area contributed by atoms with E-state index in [4.69, 9.17) is 54.0 Å². The van der Waals surface area contributed by atoms with Crippen LogP contribution in [0.1, 0.15) is 0 Å². The van der Waals surface area contributed by atoms with Gasteiger partial charge in [0.05, 0.1) is 0 Å². The number of aliphatic carboxylic acids is 4. The first-order valence-electron chi connectivity index (χ1n) is 4.18. The number of hydrogen-bond donors (Lipinski definition) is 6. The number of nitrogens with zero attached hydrogens (tertiary/aromatic N) is 2. The largest absolute Gasteiger partial charge is 0.507 e. The number of isocyanates is 2. The molecule has 0 atom stereocenters. The molecule has 0 radical (unpaired) electrons. The first kappa shape index (κ1) is 29.1. The van der Waals surface area contributed by atoms with Crippen molar-refractivity contribution in [2.24, 2.45) is 8.80 Å². The van der Waals surface area contributed by atoms with Gasteiger partial charge in [0.25, 0.3) is 0 Å². The SMILES string of the molecule is O=C(O)C(=O)O.O=C(O)C(=O)O.O=C=NSN=C=O.O=P(O)(O)F. The van der Waals surface area contributed by atoms with Crippen LogP contribution in [0.5, 0.6) is 0 Å². The Labute approximate surface area is 133 Å². The quantitative estimate of drug-likeness (QED) is 0.103. The fourth-order valence-electron chi connectivity index (χ4n) is 0.0537.